The van der Waals surface area contributed by atoms with Gasteiger partial charge < -0.3 is 15.0 Å². The third kappa shape index (κ3) is 5.05. The maximum absolute atomic E-state index is 14.2. The lowest BCUT2D eigenvalue weighted by Gasteiger charge is -2.37. The first-order chi connectivity index (χ1) is 13.9. The Bertz CT molecular complexity index is 763. The first-order valence-corrected chi connectivity index (χ1v) is 10.1. The number of hydrogen-bond donors (Lipinski definition) is 1. The van der Waals surface area contributed by atoms with Crippen molar-refractivity contribution in [2.75, 3.05) is 33.3 Å². The van der Waals surface area contributed by atoms with E-state index >= 15 is 0 Å². The molecule has 1 aromatic rings. The fourth-order valence-corrected chi connectivity index (χ4v) is 4.11. The van der Waals surface area contributed by atoms with Crippen molar-refractivity contribution in [1.82, 2.24) is 15.1 Å². The van der Waals surface area contributed by atoms with Crippen molar-refractivity contribution in [2.45, 2.75) is 31.8 Å². The number of carbonyl (C=O) groups excluding carboxylic acids is 3. The highest BCUT2D eigenvalue weighted by molar-refractivity contribution is 6.31. The zero-order valence-corrected chi connectivity index (χ0v) is 17.1. The molecule has 2 aliphatic rings. The summed E-state index contributed by atoms with van der Waals surface area (Å²) in [6.45, 7) is 1.98. The molecule has 2 heterocycles. The molecule has 3 rings (SSSR count). The average molecular weight is 426 g/mol. The van der Waals surface area contributed by atoms with Crippen LogP contribution < -0.4 is 5.32 Å². The van der Waals surface area contributed by atoms with Crippen LogP contribution >= 0.6 is 11.6 Å². The zero-order valence-electron chi connectivity index (χ0n) is 16.3. The van der Waals surface area contributed by atoms with E-state index in [9.17, 15) is 18.8 Å². The predicted octanol–water partition coefficient (Wildman–Crippen LogP) is 1.58. The van der Waals surface area contributed by atoms with E-state index in [0.717, 1.165) is 0 Å². The van der Waals surface area contributed by atoms with Crippen LogP contribution in [0, 0.1) is 11.7 Å². The molecule has 158 valence electrons. The summed E-state index contributed by atoms with van der Waals surface area (Å²) >= 11 is 6.13. The van der Waals surface area contributed by atoms with Crippen molar-refractivity contribution in [3.8, 4) is 0 Å². The summed E-state index contributed by atoms with van der Waals surface area (Å²) in [6, 6.07) is 3.78. The van der Waals surface area contributed by atoms with Crippen LogP contribution in [0.5, 0.6) is 0 Å². The summed E-state index contributed by atoms with van der Waals surface area (Å²) in [4.78, 5) is 40.4. The first kappa shape index (κ1) is 21.5. The maximum Gasteiger partial charge on any atom is 0.308 e. The first-order valence-electron chi connectivity index (χ1n) is 9.71. The minimum Gasteiger partial charge on any atom is -0.469 e. The van der Waals surface area contributed by atoms with Crippen molar-refractivity contribution < 1.29 is 23.5 Å². The van der Waals surface area contributed by atoms with Gasteiger partial charge in [-0.2, -0.15) is 0 Å². The van der Waals surface area contributed by atoms with Crippen LogP contribution in [-0.2, 0) is 25.7 Å². The topological polar surface area (TPSA) is 78.9 Å². The molecule has 2 amide bonds. The molecule has 0 bridgehead atoms. The number of nitrogens with zero attached hydrogens (tertiary/aromatic N) is 2. The number of rotatable bonds is 5. The Morgan fingerprint density at radius 2 is 2.00 bits per heavy atom. The van der Waals surface area contributed by atoms with Crippen molar-refractivity contribution in [1.29, 1.82) is 0 Å². The van der Waals surface area contributed by atoms with Crippen molar-refractivity contribution in [3.63, 3.8) is 0 Å². The molecule has 29 heavy (non-hydrogen) atoms. The smallest absolute Gasteiger partial charge is 0.308 e. The van der Waals surface area contributed by atoms with Crippen LogP contribution in [0.2, 0.25) is 5.02 Å². The van der Waals surface area contributed by atoms with Gasteiger partial charge in [-0.3, -0.25) is 19.3 Å². The van der Waals surface area contributed by atoms with Gasteiger partial charge in [-0.05, 0) is 25.0 Å². The van der Waals surface area contributed by atoms with Crippen LogP contribution in [0.3, 0.4) is 0 Å². The fraction of sp³-hybridized carbons (Fsp3) is 0.550. The quantitative estimate of drug-likeness (QED) is 0.725. The van der Waals surface area contributed by atoms with E-state index in [2.05, 4.69) is 5.32 Å². The number of piperazine rings is 1. The molecule has 0 saturated carbocycles. The van der Waals surface area contributed by atoms with E-state index < -0.39 is 11.9 Å². The zero-order chi connectivity index (χ0) is 21.0. The summed E-state index contributed by atoms with van der Waals surface area (Å²) in [5, 5.41) is 3.07. The molecule has 0 unspecified atom stereocenters. The molecule has 2 fully saturated rings. The Morgan fingerprint density at radius 3 is 2.66 bits per heavy atom. The minimum atomic E-state index is -0.690. The molecule has 0 aliphatic carbocycles. The van der Waals surface area contributed by atoms with E-state index in [4.69, 9.17) is 16.3 Å². The van der Waals surface area contributed by atoms with Crippen LogP contribution in [0.25, 0.3) is 0 Å². The second-order valence-corrected chi connectivity index (χ2v) is 7.77. The van der Waals surface area contributed by atoms with Gasteiger partial charge in [0.2, 0.25) is 11.8 Å². The van der Waals surface area contributed by atoms with Gasteiger partial charge in [0.15, 0.2) is 0 Å². The number of piperidine rings is 1. The Balaban J connectivity index is 1.65. The summed E-state index contributed by atoms with van der Waals surface area (Å²) in [5.74, 6) is -1.28. The molecule has 2 saturated heterocycles. The van der Waals surface area contributed by atoms with Gasteiger partial charge in [-0.1, -0.05) is 17.7 Å². The lowest BCUT2D eigenvalue weighted by molar-refractivity contribution is -0.149. The highest BCUT2D eigenvalue weighted by Gasteiger charge is 2.35. The standard InChI is InChI=1S/C20H25ClFN3O4/c1-29-20(28)13-5-8-24(9-6-13)18(26)11-17-19(27)23-7-10-25(17)12-14-15(21)3-2-4-16(14)22/h2-4,13,17H,5-12H2,1H3,(H,23,27)/t17-/m0/s1. The van der Waals surface area contributed by atoms with Gasteiger partial charge in [0, 0.05) is 43.3 Å². The molecule has 0 radical (unpaired) electrons. The number of amides is 2. The number of likely N-dealkylation sites (tertiary alicyclic amines) is 1. The van der Waals surface area contributed by atoms with Gasteiger partial charge >= 0.3 is 5.97 Å². The lowest BCUT2D eigenvalue weighted by Crippen LogP contribution is -2.56. The van der Waals surface area contributed by atoms with Crippen LogP contribution in [0.1, 0.15) is 24.8 Å². The van der Waals surface area contributed by atoms with Gasteiger partial charge in [0.25, 0.3) is 0 Å². The number of esters is 1. The summed E-state index contributed by atoms with van der Waals surface area (Å²) in [5.41, 5.74) is 0.320. The van der Waals surface area contributed by atoms with Gasteiger partial charge in [-0.15, -0.1) is 0 Å². The minimum absolute atomic E-state index is 0.000790. The number of ether oxygens (including phenoxy) is 1. The maximum atomic E-state index is 14.2. The largest absolute Gasteiger partial charge is 0.469 e. The summed E-state index contributed by atoms with van der Waals surface area (Å²) in [7, 11) is 1.36. The second kappa shape index (κ2) is 9.54. The number of hydrogen-bond acceptors (Lipinski definition) is 5. The van der Waals surface area contributed by atoms with Crippen molar-refractivity contribution in [3.05, 3.63) is 34.6 Å². The number of nitrogens with one attached hydrogen (secondary N) is 1. The van der Waals surface area contributed by atoms with E-state index in [-0.39, 0.29) is 36.7 Å². The number of carbonyl (C=O) groups is 3. The molecule has 0 spiro atoms. The fourth-order valence-electron chi connectivity index (χ4n) is 3.89. The molecular weight excluding hydrogens is 401 g/mol. The Labute approximate surface area is 174 Å². The number of benzene rings is 1. The number of methoxy groups -OCH3 is 1. The molecule has 2 aliphatic heterocycles. The van der Waals surface area contributed by atoms with Gasteiger partial charge in [0.1, 0.15) is 5.82 Å². The van der Waals surface area contributed by atoms with E-state index in [0.29, 0.717) is 49.6 Å². The molecular formula is C20H25ClFN3O4. The van der Waals surface area contributed by atoms with Crippen LogP contribution in [-0.4, -0.2) is 66.9 Å². The van der Waals surface area contributed by atoms with Gasteiger partial charge in [-0.25, -0.2) is 4.39 Å². The molecule has 0 aromatic heterocycles. The predicted molar refractivity (Wildman–Crippen MR) is 105 cm³/mol. The molecule has 1 atom stereocenters. The normalized spacial score (nSPS) is 21.0. The molecule has 1 aromatic carbocycles. The summed E-state index contributed by atoms with van der Waals surface area (Å²) in [6.07, 6.45) is 1.09. The average Bonchev–Trinajstić information content (AvgIpc) is 2.72. The van der Waals surface area contributed by atoms with Crippen LogP contribution in [0.4, 0.5) is 4.39 Å². The van der Waals surface area contributed by atoms with Crippen molar-refractivity contribution >= 4 is 29.4 Å². The van der Waals surface area contributed by atoms with Crippen LogP contribution in [0.15, 0.2) is 18.2 Å². The molecule has 9 heteroatoms. The third-order valence-corrected chi connectivity index (χ3v) is 5.97. The monoisotopic (exact) mass is 425 g/mol. The molecule has 7 nitrogen and oxygen atoms in total. The molecule has 1 N–H and O–H groups in total. The third-order valence-electron chi connectivity index (χ3n) is 5.61. The van der Waals surface area contributed by atoms with E-state index in [1.165, 1.54) is 19.2 Å². The van der Waals surface area contributed by atoms with E-state index in [1.807, 2.05) is 0 Å². The highest BCUT2D eigenvalue weighted by atomic mass is 35.5. The lowest BCUT2D eigenvalue weighted by atomic mass is 9.96. The second-order valence-electron chi connectivity index (χ2n) is 7.36. The Hall–Kier alpha value is -2.19. The Morgan fingerprint density at radius 1 is 1.28 bits per heavy atom. The van der Waals surface area contributed by atoms with Gasteiger partial charge in [0.05, 0.1) is 25.5 Å². The number of halogens is 2. The van der Waals surface area contributed by atoms with Crippen molar-refractivity contribution in [2.24, 2.45) is 5.92 Å². The summed E-state index contributed by atoms with van der Waals surface area (Å²) < 4.78 is 19.0. The SMILES string of the molecule is COC(=O)C1CCN(C(=O)C[C@H]2C(=O)NCCN2Cc2c(F)cccc2Cl)CC1. The van der Waals surface area contributed by atoms with E-state index in [1.54, 1.807) is 15.9 Å². The highest BCUT2D eigenvalue weighted by Crippen LogP contribution is 2.24. The Kier molecular flexibility index (Phi) is 7.08.